The second-order valence-corrected chi connectivity index (χ2v) is 3.09. The largest absolute Gasteiger partial charge is 0.378 e. The van der Waals surface area contributed by atoms with Crippen molar-refractivity contribution in [3.05, 3.63) is 23.5 Å². The van der Waals surface area contributed by atoms with Crippen molar-refractivity contribution < 1.29 is 31.1 Å². The summed E-state index contributed by atoms with van der Waals surface area (Å²) in [5, 5.41) is 2.00. The van der Waals surface area contributed by atoms with Crippen LogP contribution in [-0.2, 0) is 4.74 Å². The maximum Gasteiger partial charge on any atom is 0.261 e. The number of nitrogens with one attached hydrogen (secondary N) is 1. The van der Waals surface area contributed by atoms with E-state index in [-0.39, 0.29) is 13.2 Å². The minimum atomic E-state index is -2.67. The lowest BCUT2D eigenvalue weighted by Gasteiger charge is -2.09. The second kappa shape index (κ2) is 6.43. The zero-order chi connectivity index (χ0) is 13.7. The van der Waals surface area contributed by atoms with Crippen molar-refractivity contribution in [1.82, 2.24) is 4.98 Å². The fourth-order valence-corrected chi connectivity index (χ4v) is 1.06. The van der Waals surface area contributed by atoms with Crippen molar-refractivity contribution in [3.63, 3.8) is 0 Å². The van der Waals surface area contributed by atoms with Crippen molar-refractivity contribution >= 4 is 5.69 Å². The summed E-state index contributed by atoms with van der Waals surface area (Å²) in [6.45, 7) is -1.45. The van der Waals surface area contributed by atoms with E-state index >= 15 is 0 Å². The maximum atomic E-state index is 13.0. The van der Waals surface area contributed by atoms with Gasteiger partial charge in [0.05, 0.1) is 6.61 Å². The molecule has 0 saturated heterocycles. The van der Waals surface area contributed by atoms with E-state index in [9.17, 15) is 26.3 Å². The molecular weight excluding hydrogens is 266 g/mol. The van der Waals surface area contributed by atoms with E-state index in [1.807, 2.05) is 5.32 Å². The van der Waals surface area contributed by atoms with Gasteiger partial charge >= 0.3 is 0 Å². The summed E-state index contributed by atoms with van der Waals surface area (Å²) in [6.07, 6.45) is -2.67. The molecule has 0 saturated carbocycles. The monoisotopic (exact) mass is 274 g/mol. The van der Waals surface area contributed by atoms with E-state index in [0.29, 0.717) is 0 Å². The smallest absolute Gasteiger partial charge is 0.261 e. The van der Waals surface area contributed by atoms with Gasteiger partial charge in [-0.05, 0) is 0 Å². The van der Waals surface area contributed by atoms with E-state index in [4.69, 9.17) is 0 Å². The summed E-state index contributed by atoms with van der Waals surface area (Å²) in [6, 6.07) is 0. The Morgan fingerprint density at radius 2 is 1.61 bits per heavy atom. The zero-order valence-electron chi connectivity index (χ0n) is 8.82. The first kappa shape index (κ1) is 14.6. The van der Waals surface area contributed by atoms with Crippen LogP contribution in [0, 0.1) is 23.5 Å². The van der Waals surface area contributed by atoms with Gasteiger partial charge in [-0.3, -0.25) is 0 Å². The van der Waals surface area contributed by atoms with Crippen molar-refractivity contribution in [1.29, 1.82) is 0 Å². The number of aromatic nitrogens is 1. The Hall–Kier alpha value is -1.51. The van der Waals surface area contributed by atoms with Gasteiger partial charge in [-0.1, -0.05) is 0 Å². The van der Waals surface area contributed by atoms with E-state index in [1.54, 1.807) is 0 Å². The molecule has 102 valence electrons. The molecule has 9 heteroatoms. The predicted octanol–water partition coefficient (Wildman–Crippen LogP) is 2.33. The Bertz CT molecular complexity index is 388. The Kier molecular flexibility index (Phi) is 5.20. The number of halogens is 6. The molecule has 0 aromatic carbocycles. The molecule has 1 aromatic heterocycles. The van der Waals surface area contributed by atoms with Crippen LogP contribution in [0.2, 0.25) is 0 Å². The average molecular weight is 274 g/mol. The molecule has 0 fully saturated rings. The number of anilines is 1. The summed E-state index contributed by atoms with van der Waals surface area (Å²) in [7, 11) is 0. The standard InChI is InChI=1S/C9H8F6N2O/c10-4(11)3-18-2-1-16-7-5(12)8(14)17-9(15)6(7)13/h4H,1-3H2,(H,16,17). The number of ether oxygens (including phenoxy) is 1. The summed E-state index contributed by atoms with van der Waals surface area (Å²) in [5.41, 5.74) is -1.05. The van der Waals surface area contributed by atoms with E-state index < -0.39 is 42.2 Å². The number of alkyl halides is 2. The number of hydrogen-bond donors (Lipinski definition) is 1. The number of nitrogens with zero attached hydrogens (tertiary/aromatic N) is 1. The van der Waals surface area contributed by atoms with Crippen molar-refractivity contribution in [2.75, 3.05) is 25.1 Å². The van der Waals surface area contributed by atoms with Gasteiger partial charge in [-0.2, -0.15) is 22.5 Å². The van der Waals surface area contributed by atoms with E-state index in [2.05, 4.69) is 9.72 Å². The highest BCUT2D eigenvalue weighted by molar-refractivity contribution is 5.45. The molecule has 0 aliphatic carbocycles. The molecule has 1 N–H and O–H groups in total. The summed E-state index contributed by atoms with van der Waals surface area (Å²) >= 11 is 0. The first-order valence-corrected chi connectivity index (χ1v) is 4.73. The molecule has 1 rings (SSSR count). The van der Waals surface area contributed by atoms with Gasteiger partial charge in [0.25, 0.3) is 18.3 Å². The maximum absolute atomic E-state index is 13.0. The van der Waals surface area contributed by atoms with Crippen LogP contribution in [0.4, 0.5) is 32.0 Å². The topological polar surface area (TPSA) is 34.2 Å². The van der Waals surface area contributed by atoms with Gasteiger partial charge in [-0.25, -0.2) is 8.78 Å². The van der Waals surface area contributed by atoms with Crippen LogP contribution in [0.25, 0.3) is 0 Å². The summed E-state index contributed by atoms with van der Waals surface area (Å²) in [5.74, 6) is -6.99. The van der Waals surface area contributed by atoms with Gasteiger partial charge in [0.1, 0.15) is 12.3 Å². The quantitative estimate of drug-likeness (QED) is 0.491. The highest BCUT2D eigenvalue weighted by Crippen LogP contribution is 2.21. The first-order valence-electron chi connectivity index (χ1n) is 4.73. The number of pyridine rings is 1. The summed E-state index contributed by atoms with van der Waals surface area (Å²) < 4.78 is 79.0. The van der Waals surface area contributed by atoms with Crippen molar-refractivity contribution in [2.45, 2.75) is 6.43 Å². The van der Waals surface area contributed by atoms with E-state index in [0.717, 1.165) is 0 Å². The van der Waals surface area contributed by atoms with Crippen LogP contribution >= 0.6 is 0 Å². The fraction of sp³-hybridized carbons (Fsp3) is 0.444. The van der Waals surface area contributed by atoms with Crippen molar-refractivity contribution in [2.24, 2.45) is 0 Å². The Morgan fingerprint density at radius 1 is 1.06 bits per heavy atom. The third kappa shape index (κ3) is 3.76. The van der Waals surface area contributed by atoms with Crippen LogP contribution < -0.4 is 5.32 Å². The Morgan fingerprint density at radius 3 is 2.11 bits per heavy atom. The van der Waals surface area contributed by atoms with Crippen LogP contribution in [-0.4, -0.2) is 31.2 Å². The fourth-order valence-electron chi connectivity index (χ4n) is 1.06. The highest BCUT2D eigenvalue weighted by atomic mass is 19.3. The molecule has 0 spiro atoms. The predicted molar refractivity (Wildman–Crippen MR) is 49.4 cm³/mol. The number of rotatable bonds is 6. The van der Waals surface area contributed by atoms with Crippen LogP contribution in [0.3, 0.4) is 0 Å². The van der Waals surface area contributed by atoms with Crippen LogP contribution in [0.15, 0.2) is 0 Å². The lowest BCUT2D eigenvalue weighted by molar-refractivity contribution is 0.0214. The Labute approximate surface area is 97.8 Å². The first-order chi connectivity index (χ1) is 8.43. The normalized spacial score (nSPS) is 11.1. The number of hydrogen-bond acceptors (Lipinski definition) is 3. The average Bonchev–Trinajstić information content (AvgIpc) is 2.30. The molecule has 0 unspecified atom stereocenters. The molecule has 18 heavy (non-hydrogen) atoms. The minimum absolute atomic E-state index is 0.302. The van der Waals surface area contributed by atoms with Crippen LogP contribution in [0.5, 0.6) is 0 Å². The zero-order valence-corrected chi connectivity index (χ0v) is 8.82. The van der Waals surface area contributed by atoms with Gasteiger partial charge in [0.2, 0.25) is 11.6 Å². The molecule has 0 bridgehead atoms. The third-order valence-corrected chi connectivity index (χ3v) is 1.79. The SMILES string of the molecule is Fc1nc(F)c(F)c(NCCOCC(F)F)c1F. The lowest BCUT2D eigenvalue weighted by Crippen LogP contribution is -2.16. The molecule has 0 amide bonds. The molecule has 1 heterocycles. The van der Waals surface area contributed by atoms with E-state index in [1.165, 1.54) is 0 Å². The second-order valence-electron chi connectivity index (χ2n) is 3.09. The van der Waals surface area contributed by atoms with Gasteiger partial charge in [0.15, 0.2) is 0 Å². The van der Waals surface area contributed by atoms with Crippen LogP contribution in [0.1, 0.15) is 0 Å². The molecule has 1 aromatic rings. The third-order valence-electron chi connectivity index (χ3n) is 1.79. The van der Waals surface area contributed by atoms with Gasteiger partial charge in [0, 0.05) is 6.54 Å². The molecule has 0 aliphatic heterocycles. The Balaban J connectivity index is 2.57. The molecule has 3 nitrogen and oxygen atoms in total. The minimum Gasteiger partial charge on any atom is -0.378 e. The van der Waals surface area contributed by atoms with Gasteiger partial charge < -0.3 is 10.1 Å². The lowest BCUT2D eigenvalue weighted by atomic mass is 10.3. The molecule has 0 radical (unpaired) electrons. The summed E-state index contributed by atoms with van der Waals surface area (Å²) in [4.78, 5) is 2.35. The molecule has 0 aliphatic rings. The molecule has 0 atom stereocenters. The van der Waals surface area contributed by atoms with Crippen molar-refractivity contribution in [3.8, 4) is 0 Å². The molecular formula is C9H8F6N2O. The highest BCUT2D eigenvalue weighted by Gasteiger charge is 2.20. The van der Waals surface area contributed by atoms with Gasteiger partial charge in [-0.15, -0.1) is 0 Å².